The normalized spacial score (nSPS) is 20.5. The van der Waals surface area contributed by atoms with Crippen LogP contribution in [0.1, 0.15) is 61.0 Å². The number of esters is 1. The zero-order valence-corrected chi connectivity index (χ0v) is 15.5. The van der Waals surface area contributed by atoms with E-state index in [-0.39, 0.29) is 34.5 Å². The van der Waals surface area contributed by atoms with Crippen molar-refractivity contribution in [2.75, 3.05) is 6.61 Å². The lowest BCUT2D eigenvalue weighted by molar-refractivity contribution is -0.124. The molecule has 0 aromatic carbocycles. The van der Waals surface area contributed by atoms with Crippen molar-refractivity contribution in [2.45, 2.75) is 46.4 Å². The molecule has 8 nitrogen and oxygen atoms in total. The minimum Gasteiger partial charge on any atom is -0.432 e. The van der Waals surface area contributed by atoms with Crippen molar-refractivity contribution in [3.05, 3.63) is 29.1 Å². The van der Waals surface area contributed by atoms with E-state index in [9.17, 15) is 14.4 Å². The summed E-state index contributed by atoms with van der Waals surface area (Å²) >= 11 is 0. The molecule has 2 unspecified atom stereocenters. The van der Waals surface area contributed by atoms with Crippen LogP contribution in [0.5, 0.6) is 0 Å². The lowest BCUT2D eigenvalue weighted by Gasteiger charge is -2.21. The third-order valence-corrected chi connectivity index (χ3v) is 4.32. The molecular formula is C18H23N3O5. The number of ether oxygens (including phenoxy) is 2. The minimum absolute atomic E-state index is 0.0354. The number of carbonyl (C=O) groups is 3. The Bertz CT molecular complexity index is 759. The van der Waals surface area contributed by atoms with Crippen LogP contribution < -0.4 is 5.32 Å². The van der Waals surface area contributed by atoms with Gasteiger partial charge in [0, 0.05) is 18.4 Å². The van der Waals surface area contributed by atoms with E-state index in [0.29, 0.717) is 12.9 Å². The van der Waals surface area contributed by atoms with Gasteiger partial charge in [-0.15, -0.1) is 0 Å². The largest absolute Gasteiger partial charge is 0.432 e. The molecule has 1 aromatic rings. The second kappa shape index (κ2) is 7.74. The smallest absolute Gasteiger partial charge is 0.342 e. The average molecular weight is 361 g/mol. The maximum atomic E-state index is 12.5. The number of rotatable bonds is 7. The summed E-state index contributed by atoms with van der Waals surface area (Å²) in [5, 5.41) is 2.67. The highest BCUT2D eigenvalue weighted by molar-refractivity contribution is 6.17. The molecule has 0 spiro atoms. The summed E-state index contributed by atoms with van der Waals surface area (Å²) in [4.78, 5) is 44.5. The summed E-state index contributed by atoms with van der Waals surface area (Å²) in [5.41, 5.74) is -0.559. The van der Waals surface area contributed by atoms with Crippen molar-refractivity contribution in [2.24, 2.45) is 10.9 Å². The van der Waals surface area contributed by atoms with E-state index in [1.165, 1.54) is 12.3 Å². The third-order valence-electron chi connectivity index (χ3n) is 4.32. The van der Waals surface area contributed by atoms with Gasteiger partial charge in [-0.3, -0.25) is 14.6 Å². The number of hydrogen-bond donors (Lipinski definition) is 1. The Morgan fingerprint density at radius 1 is 1.38 bits per heavy atom. The van der Waals surface area contributed by atoms with Crippen LogP contribution in [0, 0.1) is 5.92 Å². The van der Waals surface area contributed by atoms with Gasteiger partial charge >= 0.3 is 5.97 Å². The Morgan fingerprint density at radius 3 is 2.62 bits per heavy atom. The van der Waals surface area contributed by atoms with E-state index in [1.807, 2.05) is 13.8 Å². The van der Waals surface area contributed by atoms with Crippen molar-refractivity contribution in [1.82, 2.24) is 10.3 Å². The molecule has 0 aliphatic carbocycles. The van der Waals surface area contributed by atoms with Crippen LogP contribution >= 0.6 is 0 Å². The summed E-state index contributed by atoms with van der Waals surface area (Å²) in [7, 11) is 0. The molecule has 0 saturated heterocycles. The van der Waals surface area contributed by atoms with Gasteiger partial charge in [0.25, 0.3) is 5.91 Å². The molecule has 8 heteroatoms. The topological polar surface area (TPSA) is 107 Å². The van der Waals surface area contributed by atoms with Crippen LogP contribution in [-0.2, 0) is 14.3 Å². The predicted molar refractivity (Wildman–Crippen MR) is 94.1 cm³/mol. The fraction of sp³-hybridized carbons (Fsp3) is 0.500. The predicted octanol–water partition coefficient (Wildman–Crippen LogP) is 1.72. The molecule has 0 fully saturated rings. The highest BCUT2D eigenvalue weighted by Crippen LogP contribution is 2.27. The number of pyridine rings is 1. The van der Waals surface area contributed by atoms with Crippen LogP contribution in [0.3, 0.4) is 0 Å². The van der Waals surface area contributed by atoms with Gasteiger partial charge in [-0.05, 0) is 32.8 Å². The number of nitrogens with one attached hydrogen (secondary N) is 1. The highest BCUT2D eigenvalue weighted by Gasteiger charge is 2.43. The van der Waals surface area contributed by atoms with Crippen molar-refractivity contribution in [1.29, 1.82) is 0 Å². The van der Waals surface area contributed by atoms with Crippen LogP contribution in [0.4, 0.5) is 0 Å². The van der Waals surface area contributed by atoms with Crippen molar-refractivity contribution in [3.63, 3.8) is 0 Å². The number of amides is 1. The summed E-state index contributed by atoms with van der Waals surface area (Å²) in [5.74, 6) is -0.861. The molecule has 1 aromatic heterocycles. The first-order valence-electron chi connectivity index (χ1n) is 8.42. The first kappa shape index (κ1) is 19.7. The number of amidine groups is 1. The van der Waals surface area contributed by atoms with Crippen LogP contribution in [0.25, 0.3) is 0 Å². The van der Waals surface area contributed by atoms with E-state index in [1.54, 1.807) is 20.8 Å². The van der Waals surface area contributed by atoms with E-state index < -0.39 is 17.8 Å². The zero-order chi connectivity index (χ0) is 19.5. The molecule has 1 aliphatic heterocycles. The Kier molecular flexibility index (Phi) is 5.86. The summed E-state index contributed by atoms with van der Waals surface area (Å²) in [6.07, 6.45) is 1.12. The van der Waals surface area contributed by atoms with E-state index in [2.05, 4.69) is 15.3 Å². The minimum atomic E-state index is -0.958. The number of nitrogens with zero attached hydrogens (tertiary/aromatic N) is 2. The molecule has 1 N–H and O–H groups in total. The van der Waals surface area contributed by atoms with Crippen molar-refractivity contribution >= 4 is 24.0 Å². The van der Waals surface area contributed by atoms with Gasteiger partial charge in [-0.2, -0.15) is 0 Å². The number of aromatic nitrogens is 1. The zero-order valence-electron chi connectivity index (χ0n) is 15.5. The Labute approximate surface area is 152 Å². The molecule has 0 bridgehead atoms. The molecule has 0 saturated carbocycles. The highest BCUT2D eigenvalue weighted by atomic mass is 16.7. The van der Waals surface area contributed by atoms with Crippen molar-refractivity contribution < 1.29 is 23.9 Å². The number of aliphatic imine (C=N–C) groups is 1. The molecular weight excluding hydrogens is 338 g/mol. The molecule has 2 atom stereocenters. The Balaban J connectivity index is 2.45. The summed E-state index contributed by atoms with van der Waals surface area (Å²) in [6, 6.07) is 1.36. The van der Waals surface area contributed by atoms with Gasteiger partial charge in [0.2, 0.25) is 0 Å². The average Bonchev–Trinajstić information content (AvgIpc) is 2.90. The standard InChI is InChI=1S/C18H23N3O5/c1-6-25-11(4)26-16(23)13-7-12(9-22)8-19-14(13)15-20-17(24)18(5,21-15)10(2)3/h7-11H,6H2,1-5H3,(H,20,21,24). The number of hydrogen-bond acceptors (Lipinski definition) is 7. The van der Waals surface area contributed by atoms with Gasteiger partial charge < -0.3 is 14.8 Å². The van der Waals surface area contributed by atoms with Gasteiger partial charge in [-0.1, -0.05) is 13.8 Å². The maximum absolute atomic E-state index is 12.5. The van der Waals surface area contributed by atoms with Gasteiger partial charge in [0.1, 0.15) is 11.2 Å². The molecule has 1 amide bonds. The first-order valence-corrected chi connectivity index (χ1v) is 8.42. The number of aldehydes is 1. The molecule has 2 rings (SSSR count). The summed E-state index contributed by atoms with van der Waals surface area (Å²) < 4.78 is 10.4. The third kappa shape index (κ3) is 3.80. The maximum Gasteiger partial charge on any atom is 0.342 e. The van der Waals surface area contributed by atoms with Gasteiger partial charge in [0.05, 0.1) is 5.56 Å². The lowest BCUT2D eigenvalue weighted by Crippen LogP contribution is -2.41. The fourth-order valence-electron chi connectivity index (χ4n) is 2.42. The quantitative estimate of drug-likeness (QED) is 0.450. The van der Waals surface area contributed by atoms with Gasteiger partial charge in [0.15, 0.2) is 18.4 Å². The molecule has 2 heterocycles. The van der Waals surface area contributed by atoms with E-state index in [0.717, 1.165) is 0 Å². The lowest BCUT2D eigenvalue weighted by atomic mass is 9.89. The second-order valence-electron chi connectivity index (χ2n) is 6.43. The molecule has 140 valence electrons. The van der Waals surface area contributed by atoms with Crippen LogP contribution in [0.15, 0.2) is 17.3 Å². The first-order chi connectivity index (χ1) is 12.2. The molecule has 1 aliphatic rings. The van der Waals surface area contributed by atoms with Crippen molar-refractivity contribution in [3.8, 4) is 0 Å². The monoisotopic (exact) mass is 361 g/mol. The molecule has 26 heavy (non-hydrogen) atoms. The van der Waals surface area contributed by atoms with Gasteiger partial charge in [-0.25, -0.2) is 9.79 Å². The SMILES string of the molecule is CCOC(C)OC(=O)c1cc(C=O)cnc1C1=NC(C)(C(C)C)C(=O)N1. The second-order valence-corrected chi connectivity index (χ2v) is 6.43. The van der Waals surface area contributed by atoms with E-state index >= 15 is 0 Å². The van der Waals surface area contributed by atoms with Crippen LogP contribution in [-0.4, -0.2) is 47.4 Å². The molecule has 0 radical (unpaired) electrons. The summed E-state index contributed by atoms with van der Waals surface area (Å²) in [6.45, 7) is 9.22. The Hall–Kier alpha value is -2.61. The number of carbonyl (C=O) groups excluding carboxylic acids is 3. The van der Waals surface area contributed by atoms with E-state index in [4.69, 9.17) is 9.47 Å². The fourth-order valence-corrected chi connectivity index (χ4v) is 2.42. The Morgan fingerprint density at radius 2 is 2.08 bits per heavy atom. The van der Waals surface area contributed by atoms with Crippen LogP contribution in [0.2, 0.25) is 0 Å².